The molecule has 0 bridgehead atoms. The Labute approximate surface area is 286 Å². The summed E-state index contributed by atoms with van der Waals surface area (Å²) in [6, 6.07) is 15.7. The van der Waals surface area contributed by atoms with Crippen LogP contribution in [0.5, 0.6) is 11.5 Å². The number of thiazole rings is 2. The molecule has 15 heteroatoms. The van der Waals surface area contributed by atoms with Gasteiger partial charge in [0, 0.05) is 4.47 Å². The summed E-state index contributed by atoms with van der Waals surface area (Å²) in [4.78, 5) is 31.0. The maximum absolute atomic E-state index is 14.1. The molecule has 0 radical (unpaired) electrons. The van der Waals surface area contributed by atoms with Crippen LogP contribution in [0.3, 0.4) is 0 Å². The van der Waals surface area contributed by atoms with E-state index in [9.17, 15) is 27.2 Å². The number of hydrogen-bond donors (Lipinski definition) is 2. The summed E-state index contributed by atoms with van der Waals surface area (Å²) in [6.45, 7) is 3.70. The molecule has 0 aliphatic rings. The normalized spacial score (nSPS) is 10.9. The van der Waals surface area contributed by atoms with Crippen molar-refractivity contribution in [2.24, 2.45) is 11.5 Å². The van der Waals surface area contributed by atoms with Crippen LogP contribution in [0, 0.1) is 23.3 Å². The maximum atomic E-state index is 14.1. The lowest BCUT2D eigenvalue weighted by atomic mass is 10.1. The van der Waals surface area contributed by atoms with E-state index in [1.807, 2.05) is 42.5 Å². The van der Waals surface area contributed by atoms with Gasteiger partial charge in [-0.05, 0) is 66.6 Å². The van der Waals surface area contributed by atoms with Gasteiger partial charge in [0.05, 0.1) is 20.4 Å². The zero-order valence-electron chi connectivity index (χ0n) is 24.6. The van der Waals surface area contributed by atoms with Crippen molar-refractivity contribution in [2.45, 2.75) is 19.6 Å². The lowest BCUT2D eigenvalue weighted by Crippen LogP contribution is -2.16. The van der Waals surface area contributed by atoms with Crippen LogP contribution in [0.4, 0.5) is 17.6 Å². The first-order valence-corrected chi connectivity index (χ1v) is 16.2. The molecule has 0 aliphatic carbocycles. The number of amides is 2. The Morgan fingerprint density at radius 2 is 1.23 bits per heavy atom. The van der Waals surface area contributed by atoms with E-state index in [1.165, 1.54) is 22.7 Å². The van der Waals surface area contributed by atoms with E-state index in [0.29, 0.717) is 10.0 Å². The van der Waals surface area contributed by atoms with E-state index in [-0.39, 0.29) is 24.7 Å². The van der Waals surface area contributed by atoms with Crippen LogP contribution < -0.4 is 20.9 Å². The fourth-order valence-electron chi connectivity index (χ4n) is 4.41. The number of allylic oxidation sites excluding steroid dienone is 1. The van der Waals surface area contributed by atoms with Crippen LogP contribution in [-0.2, 0) is 19.6 Å². The Morgan fingerprint density at radius 1 is 0.750 bits per heavy atom. The second-order valence-corrected chi connectivity index (χ2v) is 13.0. The number of carbonyl (C=O) groups is 2. The van der Waals surface area contributed by atoms with Crippen LogP contribution in [0.15, 0.2) is 77.8 Å². The second kappa shape index (κ2) is 14.9. The van der Waals surface area contributed by atoms with Crippen molar-refractivity contribution in [2.75, 3.05) is 0 Å². The Hall–Kier alpha value is -4.86. The van der Waals surface area contributed by atoms with Gasteiger partial charge in [0.25, 0.3) is 11.8 Å². The summed E-state index contributed by atoms with van der Waals surface area (Å²) in [7, 11) is 0. The van der Waals surface area contributed by atoms with Gasteiger partial charge in [0.1, 0.15) is 46.0 Å². The molecule has 246 valence electrons. The number of ether oxygens (including phenoxy) is 2. The van der Waals surface area contributed by atoms with Crippen molar-refractivity contribution in [1.29, 1.82) is 0 Å². The molecular formula is C33H23BrF4N4O4S2. The molecular weight excluding hydrogens is 736 g/mol. The molecule has 6 aromatic rings. The zero-order chi connectivity index (χ0) is 34.5. The van der Waals surface area contributed by atoms with Gasteiger partial charge in [0.2, 0.25) is 0 Å². The lowest BCUT2D eigenvalue weighted by Gasteiger charge is -2.08. The van der Waals surface area contributed by atoms with Gasteiger partial charge >= 0.3 is 0 Å². The number of primary amides is 2. The first-order chi connectivity index (χ1) is 22.9. The van der Waals surface area contributed by atoms with E-state index in [4.69, 9.17) is 20.9 Å². The highest BCUT2D eigenvalue weighted by molar-refractivity contribution is 9.10. The molecule has 0 unspecified atom stereocenters. The molecule has 2 amide bonds. The molecule has 4 aromatic carbocycles. The highest BCUT2D eigenvalue weighted by Crippen LogP contribution is 2.29. The molecule has 8 nitrogen and oxygen atoms in total. The lowest BCUT2D eigenvalue weighted by molar-refractivity contribution is 0.0982. The first kappa shape index (κ1) is 34.5. The van der Waals surface area contributed by atoms with Crippen molar-refractivity contribution in [3.05, 3.63) is 128 Å². The van der Waals surface area contributed by atoms with Gasteiger partial charge in [-0.25, -0.2) is 27.5 Å². The Kier molecular flexibility index (Phi) is 10.7. The van der Waals surface area contributed by atoms with E-state index >= 15 is 0 Å². The monoisotopic (exact) mass is 758 g/mol. The van der Waals surface area contributed by atoms with Gasteiger partial charge in [-0.15, -0.1) is 29.3 Å². The molecule has 0 aliphatic heterocycles. The topological polar surface area (TPSA) is 130 Å². The summed E-state index contributed by atoms with van der Waals surface area (Å²) >= 11 is 6.17. The number of hydrogen-bond acceptors (Lipinski definition) is 8. The molecule has 48 heavy (non-hydrogen) atoms. The molecule has 0 spiro atoms. The van der Waals surface area contributed by atoms with Crippen LogP contribution in [-0.4, -0.2) is 21.8 Å². The third-order valence-corrected chi connectivity index (χ3v) is 9.09. The third-order valence-electron chi connectivity index (χ3n) is 6.58. The molecule has 0 fully saturated rings. The van der Waals surface area contributed by atoms with Gasteiger partial charge in [0.15, 0.2) is 23.1 Å². The van der Waals surface area contributed by atoms with Crippen molar-refractivity contribution in [3.63, 3.8) is 0 Å². The average Bonchev–Trinajstić information content (AvgIpc) is 3.63. The molecule has 0 atom stereocenters. The second-order valence-electron chi connectivity index (χ2n) is 9.90. The van der Waals surface area contributed by atoms with E-state index in [1.54, 1.807) is 0 Å². The van der Waals surface area contributed by atoms with Crippen molar-refractivity contribution >= 4 is 70.9 Å². The molecule has 4 N–H and O–H groups in total. The number of carbonyl (C=O) groups excluding carboxylic acids is 2. The predicted molar refractivity (Wildman–Crippen MR) is 179 cm³/mol. The standard InChI is InChI=1S/C18H14F2N2O2S.C15H9BrF2N2O2S/c1-2-3-10-4-7-14-12(8-10)22-15(25-14)9-24-13-6-5-11(19)16(17(13)20)18(21)23;16-7-1-4-11-9(5-7)20-12(23-11)6-22-10-3-2-8(17)13(14(10)18)15(19)21/h2,4-8H,1,3,9H2,(H2,21,23);1-5H,6H2,(H2,19,21). The number of nitrogens with zero attached hydrogens (tertiary/aromatic N) is 2. The number of rotatable bonds is 10. The van der Waals surface area contributed by atoms with E-state index < -0.39 is 46.2 Å². The Morgan fingerprint density at radius 3 is 1.71 bits per heavy atom. The predicted octanol–water partition coefficient (Wildman–Crippen LogP) is 8.00. The highest BCUT2D eigenvalue weighted by Gasteiger charge is 2.21. The molecule has 2 aromatic heterocycles. The van der Waals surface area contributed by atoms with E-state index in [0.717, 1.165) is 61.2 Å². The van der Waals surface area contributed by atoms with Crippen LogP contribution in [0.2, 0.25) is 0 Å². The molecule has 6 rings (SSSR count). The Bertz CT molecular complexity index is 2190. The quantitative estimate of drug-likeness (QED) is 0.108. The third kappa shape index (κ3) is 7.81. The summed E-state index contributed by atoms with van der Waals surface area (Å²) < 4.78 is 68.6. The maximum Gasteiger partial charge on any atom is 0.254 e. The molecule has 2 heterocycles. The number of fused-ring (bicyclic) bond motifs is 2. The number of halogens is 5. The van der Waals surface area contributed by atoms with Crippen molar-refractivity contribution in [3.8, 4) is 11.5 Å². The molecule has 0 saturated heterocycles. The van der Waals surface area contributed by atoms with Gasteiger partial charge < -0.3 is 20.9 Å². The fourth-order valence-corrected chi connectivity index (χ4v) is 6.48. The summed E-state index contributed by atoms with van der Waals surface area (Å²) in [6.07, 6.45) is 2.56. The van der Waals surface area contributed by atoms with Gasteiger partial charge in [-0.1, -0.05) is 28.1 Å². The minimum atomic E-state index is -1.19. The van der Waals surface area contributed by atoms with Crippen LogP contribution in [0.1, 0.15) is 36.3 Å². The minimum absolute atomic E-state index is 0.00226. The zero-order valence-corrected chi connectivity index (χ0v) is 27.8. The SMILES string of the molecule is C=CCc1ccc2sc(COc3ccc(F)c(C(N)=O)c3F)nc2c1.NC(=O)c1c(F)ccc(OCc2nc3cc(Br)ccc3s2)c1F. The largest absolute Gasteiger partial charge is 0.483 e. The molecule has 0 saturated carbocycles. The van der Waals surface area contributed by atoms with Crippen LogP contribution in [0.25, 0.3) is 20.4 Å². The van der Waals surface area contributed by atoms with Crippen LogP contribution >= 0.6 is 38.6 Å². The summed E-state index contributed by atoms with van der Waals surface area (Å²) in [5, 5.41) is 1.26. The first-order valence-electron chi connectivity index (χ1n) is 13.8. The van der Waals surface area contributed by atoms with Gasteiger partial charge in [-0.3, -0.25) is 9.59 Å². The Balaban J connectivity index is 0.000000188. The van der Waals surface area contributed by atoms with Crippen molar-refractivity contribution in [1.82, 2.24) is 9.97 Å². The minimum Gasteiger partial charge on any atom is -0.483 e. The fraction of sp³-hybridized carbons (Fsp3) is 0.0909. The van der Waals surface area contributed by atoms with Gasteiger partial charge in [-0.2, -0.15) is 0 Å². The number of benzene rings is 4. The average molecular weight is 760 g/mol. The van der Waals surface area contributed by atoms with Crippen molar-refractivity contribution < 1.29 is 36.6 Å². The number of nitrogens with two attached hydrogens (primary N) is 2. The smallest absolute Gasteiger partial charge is 0.254 e. The summed E-state index contributed by atoms with van der Waals surface area (Å²) in [5.41, 5.74) is 11.0. The van der Waals surface area contributed by atoms with E-state index in [2.05, 4.69) is 32.5 Å². The number of aromatic nitrogens is 2. The summed E-state index contributed by atoms with van der Waals surface area (Å²) in [5.74, 6) is -7.13. The highest BCUT2D eigenvalue weighted by atomic mass is 79.9.